The summed E-state index contributed by atoms with van der Waals surface area (Å²) in [5, 5.41) is 13.5. The lowest BCUT2D eigenvalue weighted by Gasteiger charge is -2.19. The van der Waals surface area contributed by atoms with E-state index in [2.05, 4.69) is 30.3 Å². The average Bonchev–Trinajstić information content (AvgIpc) is 3.08. The van der Waals surface area contributed by atoms with E-state index in [0.29, 0.717) is 17.0 Å². The SMILES string of the molecule is CO/N=C(/c1nonc1NCCN)N(C=O)c1ccc(F)c(C(F)(F)F)c1. The van der Waals surface area contributed by atoms with Gasteiger partial charge in [-0.2, -0.15) is 13.2 Å². The number of carbonyl (C=O) groups excluding carboxylic acids is 1. The molecule has 146 valence electrons. The van der Waals surface area contributed by atoms with Gasteiger partial charge in [0.25, 0.3) is 0 Å². The third kappa shape index (κ3) is 4.49. The number of carbonyl (C=O) groups is 1. The summed E-state index contributed by atoms with van der Waals surface area (Å²) in [7, 11) is 1.15. The fourth-order valence-corrected chi connectivity index (χ4v) is 2.04. The van der Waals surface area contributed by atoms with Crippen LogP contribution in [0.1, 0.15) is 11.3 Å². The van der Waals surface area contributed by atoms with E-state index in [9.17, 15) is 22.4 Å². The van der Waals surface area contributed by atoms with Crippen LogP contribution in [0, 0.1) is 5.82 Å². The topological polar surface area (TPSA) is 119 Å². The van der Waals surface area contributed by atoms with Gasteiger partial charge in [-0.05, 0) is 28.5 Å². The van der Waals surface area contributed by atoms with Crippen molar-refractivity contribution in [3.8, 4) is 0 Å². The van der Waals surface area contributed by atoms with Gasteiger partial charge in [0.15, 0.2) is 5.69 Å². The second kappa shape index (κ2) is 8.44. The number of nitrogens with two attached hydrogens (primary N) is 1. The Hall–Kier alpha value is -3.22. The Morgan fingerprint density at radius 1 is 1.44 bits per heavy atom. The number of amides is 1. The summed E-state index contributed by atoms with van der Waals surface area (Å²) in [6, 6.07) is 1.99. The maximum atomic E-state index is 13.5. The molecule has 0 unspecified atom stereocenters. The normalized spacial score (nSPS) is 12.0. The summed E-state index contributed by atoms with van der Waals surface area (Å²) in [5.74, 6) is -1.80. The zero-order valence-corrected chi connectivity index (χ0v) is 13.8. The Kier molecular flexibility index (Phi) is 6.28. The van der Waals surface area contributed by atoms with Gasteiger partial charge in [-0.1, -0.05) is 5.16 Å². The first-order chi connectivity index (χ1) is 12.8. The molecule has 13 heteroatoms. The van der Waals surface area contributed by atoms with Crippen molar-refractivity contribution in [1.29, 1.82) is 0 Å². The summed E-state index contributed by atoms with van der Waals surface area (Å²) in [5.41, 5.74) is 3.36. The molecule has 27 heavy (non-hydrogen) atoms. The lowest BCUT2D eigenvalue weighted by atomic mass is 10.1. The molecule has 2 rings (SSSR count). The van der Waals surface area contributed by atoms with Gasteiger partial charge in [0.05, 0.1) is 11.3 Å². The highest BCUT2D eigenvalue weighted by atomic mass is 19.4. The largest absolute Gasteiger partial charge is 0.419 e. The summed E-state index contributed by atoms with van der Waals surface area (Å²) >= 11 is 0. The molecule has 0 aliphatic rings. The van der Waals surface area contributed by atoms with Gasteiger partial charge in [0.2, 0.25) is 18.1 Å². The number of halogens is 4. The zero-order chi connectivity index (χ0) is 20.0. The maximum Gasteiger partial charge on any atom is 0.419 e. The van der Waals surface area contributed by atoms with E-state index >= 15 is 0 Å². The number of benzene rings is 1. The fraction of sp³-hybridized carbons (Fsp3) is 0.286. The average molecular weight is 390 g/mol. The number of anilines is 2. The molecule has 0 atom stereocenters. The minimum absolute atomic E-state index is 0.0289. The molecule has 9 nitrogen and oxygen atoms in total. The molecule has 0 aliphatic heterocycles. The molecule has 1 heterocycles. The summed E-state index contributed by atoms with van der Waals surface area (Å²) < 4.78 is 57.0. The number of nitrogens with zero attached hydrogens (tertiary/aromatic N) is 4. The number of aromatic nitrogens is 2. The van der Waals surface area contributed by atoms with Gasteiger partial charge in [-0.3, -0.25) is 9.69 Å². The third-order valence-corrected chi connectivity index (χ3v) is 3.18. The summed E-state index contributed by atoms with van der Waals surface area (Å²) in [4.78, 5) is 16.9. The van der Waals surface area contributed by atoms with Crippen LogP contribution in [0.2, 0.25) is 0 Å². The summed E-state index contributed by atoms with van der Waals surface area (Å²) in [6.07, 6.45) is -4.80. The number of hydrogen-bond donors (Lipinski definition) is 2. The number of hydrogen-bond acceptors (Lipinski definition) is 8. The van der Waals surface area contributed by atoms with Crippen LogP contribution in [0.3, 0.4) is 0 Å². The van der Waals surface area contributed by atoms with Crippen LogP contribution in [0.25, 0.3) is 0 Å². The van der Waals surface area contributed by atoms with Crippen LogP contribution < -0.4 is 16.0 Å². The van der Waals surface area contributed by atoms with Crippen molar-refractivity contribution in [3.05, 3.63) is 35.3 Å². The van der Waals surface area contributed by atoms with Crippen molar-refractivity contribution in [3.63, 3.8) is 0 Å². The molecule has 0 radical (unpaired) electrons. The zero-order valence-electron chi connectivity index (χ0n) is 13.8. The van der Waals surface area contributed by atoms with Crippen molar-refractivity contribution in [2.24, 2.45) is 10.9 Å². The lowest BCUT2D eigenvalue weighted by Crippen LogP contribution is -2.32. The monoisotopic (exact) mass is 390 g/mol. The number of oxime groups is 1. The first-order valence-corrected chi connectivity index (χ1v) is 7.32. The number of nitrogens with one attached hydrogen (secondary N) is 1. The van der Waals surface area contributed by atoms with E-state index in [-0.39, 0.29) is 42.5 Å². The van der Waals surface area contributed by atoms with E-state index in [4.69, 9.17) is 5.73 Å². The van der Waals surface area contributed by atoms with Crippen molar-refractivity contribution in [2.45, 2.75) is 6.18 Å². The van der Waals surface area contributed by atoms with Gasteiger partial charge in [-0.25, -0.2) is 9.02 Å². The standard InChI is InChI=1S/C14H14F4N6O3/c1-26-23-13(11-12(20-5-4-19)22-27-21-11)24(7-25)8-2-3-10(15)9(6-8)14(16,17)18/h2-3,6-7H,4-5,19H2,1H3,(H,20,22)/b23-13-. The molecule has 1 aromatic carbocycles. The smallest absolute Gasteiger partial charge is 0.397 e. The summed E-state index contributed by atoms with van der Waals surface area (Å²) in [6.45, 7) is 0.491. The molecule has 2 aromatic rings. The first-order valence-electron chi connectivity index (χ1n) is 7.32. The molecule has 0 fully saturated rings. The molecule has 1 amide bonds. The van der Waals surface area contributed by atoms with Gasteiger partial charge in [0.1, 0.15) is 12.9 Å². The van der Waals surface area contributed by atoms with Crippen LogP contribution in [0.15, 0.2) is 28.0 Å². The van der Waals surface area contributed by atoms with Crippen LogP contribution >= 0.6 is 0 Å². The number of alkyl halides is 3. The van der Waals surface area contributed by atoms with Crippen LogP contribution in [-0.2, 0) is 15.8 Å². The second-order valence-corrected chi connectivity index (χ2v) is 4.91. The molecule has 0 saturated heterocycles. The molecule has 0 spiro atoms. The van der Waals surface area contributed by atoms with Gasteiger partial charge < -0.3 is 15.9 Å². The number of amidine groups is 1. The third-order valence-electron chi connectivity index (χ3n) is 3.18. The molecular formula is C14H14F4N6O3. The van der Waals surface area contributed by atoms with Gasteiger partial charge >= 0.3 is 6.18 Å². The predicted octanol–water partition coefficient (Wildman–Crippen LogP) is 1.57. The van der Waals surface area contributed by atoms with Crippen LogP contribution in [-0.4, -0.2) is 42.8 Å². The van der Waals surface area contributed by atoms with Crippen molar-refractivity contribution in [1.82, 2.24) is 10.3 Å². The molecule has 3 N–H and O–H groups in total. The van der Waals surface area contributed by atoms with Crippen molar-refractivity contribution in [2.75, 3.05) is 30.4 Å². The van der Waals surface area contributed by atoms with Crippen LogP contribution in [0.4, 0.5) is 29.1 Å². The van der Waals surface area contributed by atoms with Gasteiger partial charge in [-0.15, -0.1) is 0 Å². The Labute approximate surface area is 149 Å². The molecule has 0 aliphatic carbocycles. The highest BCUT2D eigenvalue weighted by molar-refractivity contribution is 6.19. The molecule has 0 bridgehead atoms. The van der Waals surface area contributed by atoms with Crippen molar-refractivity contribution >= 4 is 23.8 Å². The first kappa shape index (κ1) is 20.1. The van der Waals surface area contributed by atoms with E-state index in [0.717, 1.165) is 13.2 Å². The molecule has 0 saturated carbocycles. The Morgan fingerprint density at radius 3 is 2.78 bits per heavy atom. The Bertz CT molecular complexity index is 823. The van der Waals surface area contributed by atoms with Crippen LogP contribution in [0.5, 0.6) is 0 Å². The minimum Gasteiger partial charge on any atom is -0.397 e. The van der Waals surface area contributed by atoms with E-state index in [1.54, 1.807) is 0 Å². The van der Waals surface area contributed by atoms with Gasteiger partial charge in [0, 0.05) is 13.1 Å². The molecule has 1 aromatic heterocycles. The highest BCUT2D eigenvalue weighted by Crippen LogP contribution is 2.34. The number of rotatable bonds is 7. The van der Waals surface area contributed by atoms with E-state index < -0.39 is 17.6 Å². The molecular weight excluding hydrogens is 376 g/mol. The van der Waals surface area contributed by atoms with Crippen molar-refractivity contribution < 1.29 is 31.8 Å². The Morgan fingerprint density at radius 2 is 2.19 bits per heavy atom. The predicted molar refractivity (Wildman–Crippen MR) is 85.3 cm³/mol. The lowest BCUT2D eigenvalue weighted by molar-refractivity contribution is -0.140. The highest BCUT2D eigenvalue weighted by Gasteiger charge is 2.35. The fourth-order valence-electron chi connectivity index (χ4n) is 2.04. The quantitative estimate of drug-likeness (QED) is 0.242. The van der Waals surface area contributed by atoms with E-state index in [1.807, 2.05) is 0 Å². The minimum atomic E-state index is -4.96. The Balaban J connectivity index is 2.52. The second-order valence-electron chi connectivity index (χ2n) is 4.91. The van der Waals surface area contributed by atoms with E-state index in [1.165, 1.54) is 0 Å². The maximum absolute atomic E-state index is 13.5.